The molecule has 0 saturated carbocycles. The smallest absolute Gasteiger partial charge is 0.337 e. The molecule has 0 aromatic heterocycles. The Labute approximate surface area is 59.4 Å². The Kier molecular flexibility index (Phi) is 2.80. The molecule has 0 amide bonds. The molecular weight excluding hydrogens is 136 g/mol. The van der Waals surface area contributed by atoms with Crippen molar-refractivity contribution >= 4 is 5.97 Å². The summed E-state index contributed by atoms with van der Waals surface area (Å²) in [6, 6.07) is 0. The van der Waals surface area contributed by atoms with Crippen LogP contribution in [0.4, 0.5) is 0 Å². The van der Waals surface area contributed by atoms with Crippen LogP contribution >= 0.6 is 0 Å². The van der Waals surface area contributed by atoms with Crippen LogP contribution in [0.3, 0.4) is 0 Å². The van der Waals surface area contributed by atoms with Crippen LogP contribution in [0.25, 0.3) is 0 Å². The zero-order valence-corrected chi connectivity index (χ0v) is 6.29. The summed E-state index contributed by atoms with van der Waals surface area (Å²) in [4.78, 5) is 10.5. The molecule has 4 heteroatoms. The third-order valence-electron chi connectivity index (χ3n) is 1.09. The lowest BCUT2D eigenvalue weighted by molar-refractivity contribution is -0.163. The average molecular weight is 148 g/mol. The monoisotopic (exact) mass is 148 g/mol. The fraction of sp³-hybridized carbons (Fsp3) is 0.833. The van der Waals surface area contributed by atoms with E-state index in [1.807, 2.05) is 0 Å². The van der Waals surface area contributed by atoms with Crippen molar-refractivity contribution in [1.29, 1.82) is 0 Å². The third-order valence-corrected chi connectivity index (χ3v) is 1.09. The predicted octanol–water partition coefficient (Wildman–Crippen LogP) is -0.709. The summed E-state index contributed by atoms with van der Waals surface area (Å²) >= 11 is 0. The third kappa shape index (κ3) is 2.33. The van der Waals surface area contributed by atoms with Crippen molar-refractivity contribution in [2.45, 2.75) is 25.6 Å². The number of carbonyl (C=O) groups is 1. The second-order valence-corrected chi connectivity index (χ2v) is 2.58. The number of aliphatic hydroxyl groups excluding tert-OH is 1. The van der Waals surface area contributed by atoms with Gasteiger partial charge in [0.1, 0.15) is 0 Å². The number of ether oxygens (including phenoxy) is 1. The van der Waals surface area contributed by atoms with E-state index in [4.69, 9.17) is 10.2 Å². The molecule has 0 spiro atoms. The van der Waals surface area contributed by atoms with Gasteiger partial charge >= 0.3 is 5.97 Å². The topological polar surface area (TPSA) is 66.8 Å². The van der Waals surface area contributed by atoms with E-state index in [-0.39, 0.29) is 0 Å². The first-order valence-electron chi connectivity index (χ1n) is 2.88. The fourth-order valence-electron chi connectivity index (χ4n) is 0.400. The Bertz CT molecular complexity index is 124. The second kappa shape index (κ2) is 2.98. The highest BCUT2D eigenvalue weighted by molar-refractivity contribution is 5.75. The molecule has 4 nitrogen and oxygen atoms in total. The maximum Gasteiger partial charge on any atom is 0.337 e. The van der Waals surface area contributed by atoms with Gasteiger partial charge in [0.05, 0.1) is 12.7 Å². The van der Waals surface area contributed by atoms with E-state index in [1.165, 1.54) is 13.8 Å². The number of aliphatic hydroxyl groups is 2. The van der Waals surface area contributed by atoms with E-state index in [1.54, 1.807) is 0 Å². The first-order valence-corrected chi connectivity index (χ1v) is 2.88. The molecule has 0 fully saturated rings. The molecule has 0 aliphatic carbocycles. The van der Waals surface area contributed by atoms with Gasteiger partial charge in [-0.1, -0.05) is 0 Å². The Morgan fingerprint density at radius 2 is 2.00 bits per heavy atom. The van der Waals surface area contributed by atoms with Crippen molar-refractivity contribution in [3.63, 3.8) is 0 Å². The Balaban J connectivity index is 4.08. The molecule has 10 heavy (non-hydrogen) atoms. The number of esters is 1. The lowest BCUT2D eigenvalue weighted by Crippen LogP contribution is -2.42. The van der Waals surface area contributed by atoms with E-state index < -0.39 is 17.7 Å². The van der Waals surface area contributed by atoms with Gasteiger partial charge in [-0.05, 0) is 13.8 Å². The molecule has 2 N–H and O–H groups in total. The van der Waals surface area contributed by atoms with Crippen molar-refractivity contribution in [1.82, 2.24) is 0 Å². The highest BCUT2D eigenvalue weighted by Crippen LogP contribution is 2.08. The van der Waals surface area contributed by atoms with Crippen LogP contribution in [0.5, 0.6) is 0 Å². The molecule has 0 radical (unpaired) electrons. The van der Waals surface area contributed by atoms with Gasteiger partial charge in [0.2, 0.25) is 0 Å². The van der Waals surface area contributed by atoms with Crippen LogP contribution in [0.2, 0.25) is 0 Å². The largest absolute Gasteiger partial charge is 0.467 e. The number of methoxy groups -OCH3 is 1. The number of hydrogen-bond acceptors (Lipinski definition) is 4. The Morgan fingerprint density at radius 1 is 1.60 bits per heavy atom. The summed E-state index contributed by atoms with van der Waals surface area (Å²) in [7, 11) is 1.15. The highest BCUT2D eigenvalue weighted by atomic mass is 16.5. The van der Waals surface area contributed by atoms with E-state index >= 15 is 0 Å². The van der Waals surface area contributed by atoms with Crippen molar-refractivity contribution in [2.24, 2.45) is 0 Å². The van der Waals surface area contributed by atoms with Crippen LogP contribution in [0, 0.1) is 0 Å². The summed E-state index contributed by atoms with van der Waals surface area (Å²) in [6.45, 7) is 2.66. The minimum Gasteiger partial charge on any atom is -0.467 e. The van der Waals surface area contributed by atoms with Crippen LogP contribution in [0.15, 0.2) is 0 Å². The van der Waals surface area contributed by atoms with Crippen molar-refractivity contribution < 1.29 is 19.7 Å². The molecule has 0 heterocycles. The van der Waals surface area contributed by atoms with Gasteiger partial charge in [0.15, 0.2) is 6.10 Å². The van der Waals surface area contributed by atoms with E-state index in [9.17, 15) is 4.79 Å². The minimum atomic E-state index is -1.47. The van der Waals surface area contributed by atoms with Gasteiger partial charge in [-0.15, -0.1) is 0 Å². The molecule has 0 rings (SSSR count). The zero-order valence-electron chi connectivity index (χ0n) is 6.29. The maximum atomic E-state index is 10.5. The molecule has 0 bridgehead atoms. The summed E-state index contributed by atoms with van der Waals surface area (Å²) in [5, 5.41) is 18.0. The lowest BCUT2D eigenvalue weighted by atomic mass is 10.0. The van der Waals surface area contributed by atoms with Gasteiger partial charge in [-0.2, -0.15) is 0 Å². The van der Waals surface area contributed by atoms with Gasteiger partial charge in [0, 0.05) is 0 Å². The molecular formula is C6H12O4. The van der Waals surface area contributed by atoms with E-state index in [0.717, 1.165) is 7.11 Å². The predicted molar refractivity (Wildman–Crippen MR) is 34.3 cm³/mol. The molecule has 0 aliphatic rings. The molecule has 0 unspecified atom stereocenters. The second-order valence-electron chi connectivity index (χ2n) is 2.58. The highest BCUT2D eigenvalue weighted by Gasteiger charge is 2.31. The molecule has 0 aromatic carbocycles. The number of carbonyl (C=O) groups excluding carboxylic acids is 1. The standard InChI is InChI=1S/C6H12O4/c1-6(2,9)4(7)5(8)10-3/h4,7,9H,1-3H3/t4-/m0/s1. The number of hydrogen-bond donors (Lipinski definition) is 2. The normalized spacial score (nSPS) is 14.5. The molecule has 0 aliphatic heterocycles. The SMILES string of the molecule is COC(=O)[C@H](O)C(C)(C)O. The van der Waals surface area contributed by atoms with Gasteiger partial charge in [-0.25, -0.2) is 4.79 Å². The molecule has 60 valence electrons. The zero-order chi connectivity index (χ0) is 8.36. The maximum absolute atomic E-state index is 10.5. The first kappa shape index (κ1) is 9.39. The molecule has 1 atom stereocenters. The summed E-state index contributed by atoms with van der Waals surface area (Å²) in [5.74, 6) is -0.826. The van der Waals surface area contributed by atoms with Gasteiger partial charge < -0.3 is 14.9 Å². The molecule has 0 aromatic rings. The van der Waals surface area contributed by atoms with Crippen LogP contribution in [0.1, 0.15) is 13.8 Å². The van der Waals surface area contributed by atoms with Crippen molar-refractivity contribution in [3.8, 4) is 0 Å². The van der Waals surface area contributed by atoms with Crippen molar-refractivity contribution in [3.05, 3.63) is 0 Å². The summed E-state index contributed by atoms with van der Waals surface area (Å²) in [5.41, 5.74) is -1.44. The van der Waals surface area contributed by atoms with Crippen LogP contribution < -0.4 is 0 Å². The first-order chi connectivity index (χ1) is 4.39. The molecule has 0 saturated heterocycles. The van der Waals surface area contributed by atoms with Gasteiger partial charge in [0.25, 0.3) is 0 Å². The lowest BCUT2D eigenvalue weighted by Gasteiger charge is -2.21. The Hall–Kier alpha value is -0.610. The quantitative estimate of drug-likeness (QED) is 0.508. The van der Waals surface area contributed by atoms with Crippen LogP contribution in [-0.2, 0) is 9.53 Å². The van der Waals surface area contributed by atoms with Crippen molar-refractivity contribution in [2.75, 3.05) is 7.11 Å². The van der Waals surface area contributed by atoms with E-state index in [2.05, 4.69) is 4.74 Å². The summed E-state index contributed by atoms with van der Waals surface area (Å²) < 4.78 is 4.19. The Morgan fingerprint density at radius 3 is 2.10 bits per heavy atom. The average Bonchev–Trinajstić information content (AvgIpc) is 1.83. The van der Waals surface area contributed by atoms with Gasteiger partial charge in [-0.3, -0.25) is 0 Å². The summed E-state index contributed by atoms with van der Waals surface area (Å²) in [6.07, 6.45) is -1.47. The minimum absolute atomic E-state index is 0.826. The fourth-order valence-corrected chi connectivity index (χ4v) is 0.400. The van der Waals surface area contributed by atoms with Crippen LogP contribution in [-0.4, -0.2) is 35.0 Å². The number of rotatable bonds is 2. The van der Waals surface area contributed by atoms with E-state index in [0.29, 0.717) is 0 Å².